The van der Waals surface area contributed by atoms with Gasteiger partial charge in [0.05, 0.1) is 6.10 Å². The van der Waals surface area contributed by atoms with E-state index in [4.69, 9.17) is 22.1 Å². The lowest BCUT2D eigenvalue weighted by Gasteiger charge is -2.27. The number of nitrogens with two attached hydrogens (primary N) is 1. The second-order valence-electron chi connectivity index (χ2n) is 7.11. The van der Waals surface area contributed by atoms with Crippen molar-refractivity contribution in [2.75, 3.05) is 0 Å². The molecule has 0 fully saturated rings. The minimum absolute atomic E-state index is 0.0390. The molecule has 3 aromatic rings. The Balaban J connectivity index is 1.70. The Kier molecular flexibility index (Phi) is 7.10. The van der Waals surface area contributed by atoms with E-state index in [1.54, 1.807) is 0 Å². The molecule has 1 unspecified atom stereocenters. The van der Waals surface area contributed by atoms with Crippen LogP contribution in [0.15, 0.2) is 78.9 Å². The van der Waals surface area contributed by atoms with E-state index in [0.717, 1.165) is 16.1 Å². The van der Waals surface area contributed by atoms with Crippen LogP contribution in [0.5, 0.6) is 5.75 Å². The molecular formula is C24H26ClNO2. The summed E-state index contributed by atoms with van der Waals surface area (Å²) in [6.07, 6.45) is -0.130. The third kappa shape index (κ3) is 5.14. The van der Waals surface area contributed by atoms with Crippen LogP contribution in [0.3, 0.4) is 0 Å². The van der Waals surface area contributed by atoms with Crippen LogP contribution in [0.2, 0.25) is 5.02 Å². The molecule has 0 aromatic heterocycles. The highest BCUT2D eigenvalue weighted by molar-refractivity contribution is 6.31. The molecule has 0 aliphatic carbocycles. The van der Waals surface area contributed by atoms with Gasteiger partial charge >= 0.3 is 0 Å². The van der Waals surface area contributed by atoms with Crippen molar-refractivity contribution >= 4 is 11.6 Å². The molecule has 3 nitrogen and oxygen atoms in total. The number of rotatable bonds is 8. The second-order valence-corrected chi connectivity index (χ2v) is 7.51. The van der Waals surface area contributed by atoms with Gasteiger partial charge in [-0.15, -0.1) is 0 Å². The van der Waals surface area contributed by atoms with Gasteiger partial charge in [-0.25, -0.2) is 0 Å². The number of benzene rings is 3. The molecule has 3 aromatic carbocycles. The van der Waals surface area contributed by atoms with Crippen molar-refractivity contribution in [3.8, 4) is 5.75 Å². The summed E-state index contributed by atoms with van der Waals surface area (Å²) in [5.41, 5.74) is 9.23. The van der Waals surface area contributed by atoms with E-state index >= 15 is 0 Å². The lowest BCUT2D eigenvalue weighted by molar-refractivity contribution is 0.117. The zero-order valence-electron chi connectivity index (χ0n) is 16.0. The highest BCUT2D eigenvalue weighted by Crippen LogP contribution is 2.31. The Morgan fingerprint density at radius 3 is 2.32 bits per heavy atom. The largest absolute Gasteiger partial charge is 0.489 e. The SMILES string of the molecule is CC(Cc1ccccc1Cl)[C@@H](N)[C@H](O)c1ccccc1OCc1ccccc1. The summed E-state index contributed by atoms with van der Waals surface area (Å²) in [5, 5.41) is 11.7. The van der Waals surface area contributed by atoms with Crippen molar-refractivity contribution in [3.05, 3.63) is 101 Å². The molecule has 0 heterocycles. The normalized spacial score (nSPS) is 14.3. The van der Waals surface area contributed by atoms with Crippen molar-refractivity contribution in [1.29, 1.82) is 0 Å². The van der Waals surface area contributed by atoms with Crippen LogP contribution in [0, 0.1) is 5.92 Å². The van der Waals surface area contributed by atoms with E-state index in [1.807, 2.05) is 85.8 Å². The average Bonchev–Trinajstić information content (AvgIpc) is 2.73. The van der Waals surface area contributed by atoms with Crippen LogP contribution in [-0.2, 0) is 13.0 Å². The lowest BCUT2D eigenvalue weighted by Crippen LogP contribution is -2.36. The quantitative estimate of drug-likeness (QED) is 0.554. The van der Waals surface area contributed by atoms with E-state index < -0.39 is 12.1 Å². The van der Waals surface area contributed by atoms with Gasteiger partial charge < -0.3 is 15.6 Å². The van der Waals surface area contributed by atoms with Crippen LogP contribution in [0.1, 0.15) is 29.7 Å². The van der Waals surface area contributed by atoms with Crippen LogP contribution >= 0.6 is 11.6 Å². The first-order valence-electron chi connectivity index (χ1n) is 9.49. The molecule has 0 aliphatic rings. The standard InChI is InChI=1S/C24H26ClNO2/c1-17(15-19-11-5-7-13-21(19)25)23(26)24(27)20-12-6-8-14-22(20)28-16-18-9-3-2-4-10-18/h2-14,17,23-24,27H,15-16,26H2,1H3/t17?,23-,24-/m1/s1. The predicted molar refractivity (Wildman–Crippen MR) is 114 cm³/mol. The zero-order chi connectivity index (χ0) is 19.9. The molecule has 28 heavy (non-hydrogen) atoms. The van der Waals surface area contributed by atoms with Gasteiger partial charge in [-0.2, -0.15) is 0 Å². The summed E-state index contributed by atoms with van der Waals surface area (Å²) < 4.78 is 5.97. The first-order valence-corrected chi connectivity index (χ1v) is 9.86. The van der Waals surface area contributed by atoms with E-state index in [0.29, 0.717) is 24.3 Å². The van der Waals surface area contributed by atoms with E-state index in [-0.39, 0.29) is 5.92 Å². The summed E-state index contributed by atoms with van der Waals surface area (Å²) in [6.45, 7) is 2.47. The lowest BCUT2D eigenvalue weighted by atomic mass is 9.88. The molecule has 0 aliphatic heterocycles. The molecular weight excluding hydrogens is 370 g/mol. The first-order chi connectivity index (χ1) is 13.6. The minimum atomic E-state index is -0.829. The molecule has 4 heteroatoms. The maximum Gasteiger partial charge on any atom is 0.125 e. The van der Waals surface area contributed by atoms with Crippen LogP contribution in [-0.4, -0.2) is 11.1 Å². The van der Waals surface area contributed by atoms with Gasteiger partial charge in [0.15, 0.2) is 0 Å². The number of aliphatic hydroxyl groups is 1. The Morgan fingerprint density at radius 2 is 1.57 bits per heavy atom. The fraction of sp³-hybridized carbons (Fsp3) is 0.250. The summed E-state index contributed by atoms with van der Waals surface area (Å²) in [4.78, 5) is 0. The van der Waals surface area contributed by atoms with Crippen molar-refractivity contribution in [1.82, 2.24) is 0 Å². The summed E-state index contributed by atoms with van der Waals surface area (Å²) in [5.74, 6) is 0.691. The van der Waals surface area contributed by atoms with E-state index in [9.17, 15) is 5.11 Å². The Hall–Kier alpha value is -2.33. The Labute approximate surface area is 171 Å². The molecule has 3 N–H and O–H groups in total. The molecule has 146 valence electrons. The number of aliphatic hydroxyl groups excluding tert-OH is 1. The number of para-hydroxylation sites is 1. The number of hydrogen-bond donors (Lipinski definition) is 2. The predicted octanol–water partition coefficient (Wildman–Crippen LogP) is 5.16. The molecule has 3 rings (SSSR count). The number of halogens is 1. The van der Waals surface area contributed by atoms with Crippen molar-refractivity contribution in [3.63, 3.8) is 0 Å². The van der Waals surface area contributed by atoms with Gasteiger partial charge in [0.25, 0.3) is 0 Å². The van der Waals surface area contributed by atoms with E-state index in [1.165, 1.54) is 0 Å². The highest BCUT2D eigenvalue weighted by atomic mass is 35.5. The van der Waals surface area contributed by atoms with Crippen LogP contribution < -0.4 is 10.5 Å². The molecule has 0 saturated heterocycles. The van der Waals surface area contributed by atoms with Crippen molar-refractivity contribution in [2.24, 2.45) is 11.7 Å². The third-order valence-electron chi connectivity index (χ3n) is 5.00. The average molecular weight is 396 g/mol. The zero-order valence-corrected chi connectivity index (χ0v) is 16.7. The maximum atomic E-state index is 10.9. The minimum Gasteiger partial charge on any atom is -0.489 e. The monoisotopic (exact) mass is 395 g/mol. The van der Waals surface area contributed by atoms with Gasteiger partial charge in [0.2, 0.25) is 0 Å². The Morgan fingerprint density at radius 1 is 0.929 bits per heavy atom. The maximum absolute atomic E-state index is 10.9. The summed E-state index contributed by atoms with van der Waals surface area (Å²) >= 11 is 6.27. The topological polar surface area (TPSA) is 55.5 Å². The smallest absolute Gasteiger partial charge is 0.125 e. The molecule has 0 radical (unpaired) electrons. The van der Waals surface area contributed by atoms with Crippen LogP contribution in [0.25, 0.3) is 0 Å². The van der Waals surface area contributed by atoms with Gasteiger partial charge in [-0.1, -0.05) is 85.3 Å². The van der Waals surface area contributed by atoms with Crippen LogP contribution in [0.4, 0.5) is 0 Å². The van der Waals surface area contributed by atoms with Gasteiger partial charge in [0.1, 0.15) is 12.4 Å². The van der Waals surface area contributed by atoms with Gasteiger partial charge in [-0.05, 0) is 35.6 Å². The van der Waals surface area contributed by atoms with E-state index in [2.05, 4.69) is 0 Å². The van der Waals surface area contributed by atoms with Crippen molar-refractivity contribution in [2.45, 2.75) is 32.1 Å². The molecule has 3 atom stereocenters. The molecule has 0 spiro atoms. The highest BCUT2D eigenvalue weighted by Gasteiger charge is 2.26. The molecule has 0 amide bonds. The number of hydrogen-bond acceptors (Lipinski definition) is 3. The Bertz CT molecular complexity index is 885. The van der Waals surface area contributed by atoms with Gasteiger partial charge in [0, 0.05) is 16.6 Å². The van der Waals surface area contributed by atoms with Gasteiger partial charge in [-0.3, -0.25) is 0 Å². The first kappa shape index (κ1) is 20.4. The fourth-order valence-electron chi connectivity index (χ4n) is 3.26. The molecule has 0 bridgehead atoms. The number of ether oxygens (including phenoxy) is 1. The second kappa shape index (κ2) is 9.74. The summed E-state index contributed by atoms with van der Waals surface area (Å²) in [7, 11) is 0. The van der Waals surface area contributed by atoms with Crippen molar-refractivity contribution < 1.29 is 9.84 Å². The third-order valence-corrected chi connectivity index (χ3v) is 5.36. The molecule has 0 saturated carbocycles. The summed E-state index contributed by atoms with van der Waals surface area (Å²) in [6, 6.07) is 24.8. The fourth-order valence-corrected chi connectivity index (χ4v) is 3.47.